The molecule has 0 bridgehead atoms. The van der Waals surface area contributed by atoms with E-state index in [0.29, 0.717) is 17.7 Å². The van der Waals surface area contributed by atoms with Gasteiger partial charge in [0, 0.05) is 11.4 Å². The SMILES string of the molecule is CSc1ccc(CCCCN2C(=O)c3ccccc3C2=O)s1. The molecule has 1 aromatic heterocycles. The lowest BCUT2D eigenvalue weighted by Gasteiger charge is -2.13. The van der Waals surface area contributed by atoms with Gasteiger partial charge in [0.05, 0.1) is 15.3 Å². The number of hydrogen-bond acceptors (Lipinski definition) is 4. The van der Waals surface area contributed by atoms with E-state index in [9.17, 15) is 9.59 Å². The maximum absolute atomic E-state index is 12.2. The summed E-state index contributed by atoms with van der Waals surface area (Å²) >= 11 is 3.59. The van der Waals surface area contributed by atoms with Gasteiger partial charge in [-0.05, 0) is 49.8 Å². The zero-order chi connectivity index (χ0) is 15.5. The number of rotatable bonds is 6. The molecule has 2 aromatic rings. The van der Waals surface area contributed by atoms with E-state index in [0.717, 1.165) is 19.3 Å². The molecular formula is C17H17NO2S2. The zero-order valence-electron chi connectivity index (χ0n) is 12.4. The second-order valence-electron chi connectivity index (χ2n) is 5.19. The summed E-state index contributed by atoms with van der Waals surface area (Å²) in [6.45, 7) is 0.507. The number of nitrogens with zero attached hydrogens (tertiary/aromatic N) is 1. The van der Waals surface area contributed by atoms with Gasteiger partial charge in [0.1, 0.15) is 0 Å². The summed E-state index contributed by atoms with van der Waals surface area (Å²) in [5, 5.41) is 0. The molecule has 3 rings (SSSR count). The molecule has 0 atom stereocenters. The molecule has 1 aliphatic rings. The Morgan fingerprint density at radius 3 is 2.27 bits per heavy atom. The number of amides is 2. The van der Waals surface area contributed by atoms with E-state index in [4.69, 9.17) is 0 Å². The summed E-state index contributed by atoms with van der Waals surface area (Å²) in [6.07, 6.45) is 4.92. The van der Waals surface area contributed by atoms with E-state index < -0.39 is 0 Å². The molecule has 5 heteroatoms. The predicted molar refractivity (Wildman–Crippen MR) is 90.8 cm³/mol. The molecule has 0 unspecified atom stereocenters. The molecule has 0 saturated carbocycles. The van der Waals surface area contributed by atoms with E-state index >= 15 is 0 Å². The van der Waals surface area contributed by atoms with Crippen molar-refractivity contribution in [2.45, 2.75) is 23.5 Å². The van der Waals surface area contributed by atoms with Crippen LogP contribution >= 0.6 is 23.1 Å². The van der Waals surface area contributed by atoms with Gasteiger partial charge in [-0.1, -0.05) is 12.1 Å². The predicted octanol–water partition coefficient (Wildman–Crippen LogP) is 4.09. The average Bonchev–Trinajstić information content (AvgIpc) is 3.10. The molecule has 0 saturated heterocycles. The van der Waals surface area contributed by atoms with Crippen molar-refractivity contribution in [3.8, 4) is 0 Å². The minimum atomic E-state index is -0.151. The van der Waals surface area contributed by atoms with Crippen molar-refractivity contribution < 1.29 is 9.59 Å². The number of unbranched alkanes of at least 4 members (excludes halogenated alkanes) is 1. The van der Waals surface area contributed by atoms with Crippen LogP contribution in [0.4, 0.5) is 0 Å². The number of carbonyl (C=O) groups excluding carboxylic acids is 2. The maximum atomic E-state index is 12.2. The van der Waals surface area contributed by atoms with Crippen molar-refractivity contribution in [2.75, 3.05) is 12.8 Å². The Labute approximate surface area is 138 Å². The van der Waals surface area contributed by atoms with Gasteiger partial charge in [-0.2, -0.15) is 0 Å². The molecule has 0 N–H and O–H groups in total. The smallest absolute Gasteiger partial charge is 0.261 e. The normalized spacial score (nSPS) is 13.8. The molecule has 22 heavy (non-hydrogen) atoms. The van der Waals surface area contributed by atoms with Crippen LogP contribution in [0.1, 0.15) is 38.4 Å². The number of hydrogen-bond donors (Lipinski definition) is 0. The first kappa shape index (κ1) is 15.3. The molecule has 3 nitrogen and oxygen atoms in total. The quantitative estimate of drug-likeness (QED) is 0.454. The minimum Gasteiger partial charge on any atom is -0.274 e. The average molecular weight is 331 g/mol. The van der Waals surface area contributed by atoms with Crippen LogP contribution in [-0.2, 0) is 6.42 Å². The fourth-order valence-electron chi connectivity index (χ4n) is 2.61. The number of fused-ring (bicyclic) bond motifs is 1. The van der Waals surface area contributed by atoms with Gasteiger partial charge >= 0.3 is 0 Å². The molecule has 2 heterocycles. The Hall–Kier alpha value is -1.59. The van der Waals surface area contributed by atoms with Crippen LogP contribution in [0.3, 0.4) is 0 Å². The number of aryl methyl sites for hydroxylation is 1. The van der Waals surface area contributed by atoms with Gasteiger partial charge in [-0.3, -0.25) is 14.5 Å². The van der Waals surface area contributed by atoms with Crippen molar-refractivity contribution in [1.82, 2.24) is 4.90 Å². The number of imide groups is 1. The highest BCUT2D eigenvalue weighted by atomic mass is 32.2. The summed E-state index contributed by atoms with van der Waals surface area (Å²) in [5.41, 5.74) is 1.07. The molecule has 1 aliphatic heterocycles. The second kappa shape index (κ2) is 6.67. The molecule has 2 amide bonds. The lowest BCUT2D eigenvalue weighted by Crippen LogP contribution is -2.30. The first-order valence-corrected chi connectivity index (χ1v) is 9.33. The van der Waals surface area contributed by atoms with Crippen molar-refractivity contribution in [3.05, 3.63) is 52.4 Å². The van der Waals surface area contributed by atoms with Gasteiger partial charge in [-0.25, -0.2) is 0 Å². The van der Waals surface area contributed by atoms with Crippen LogP contribution in [0.15, 0.2) is 40.6 Å². The monoisotopic (exact) mass is 331 g/mol. The first-order valence-electron chi connectivity index (χ1n) is 7.28. The summed E-state index contributed by atoms with van der Waals surface area (Å²) in [7, 11) is 0. The van der Waals surface area contributed by atoms with Crippen LogP contribution in [0.25, 0.3) is 0 Å². The Bertz CT molecular complexity index is 673. The lowest BCUT2D eigenvalue weighted by atomic mass is 10.1. The van der Waals surface area contributed by atoms with Gasteiger partial charge in [0.2, 0.25) is 0 Å². The van der Waals surface area contributed by atoms with E-state index in [1.54, 1.807) is 36.0 Å². The van der Waals surface area contributed by atoms with Crippen molar-refractivity contribution in [3.63, 3.8) is 0 Å². The summed E-state index contributed by atoms with van der Waals surface area (Å²) in [5.74, 6) is -0.303. The van der Waals surface area contributed by atoms with E-state index in [2.05, 4.69) is 18.4 Å². The Morgan fingerprint density at radius 1 is 1.00 bits per heavy atom. The highest BCUT2D eigenvalue weighted by molar-refractivity contribution is 8.00. The van der Waals surface area contributed by atoms with Crippen LogP contribution in [0.5, 0.6) is 0 Å². The molecule has 0 radical (unpaired) electrons. The summed E-state index contributed by atoms with van der Waals surface area (Å²) < 4.78 is 1.33. The Morgan fingerprint density at radius 2 is 1.68 bits per heavy atom. The zero-order valence-corrected chi connectivity index (χ0v) is 14.0. The summed E-state index contributed by atoms with van der Waals surface area (Å²) in [6, 6.07) is 11.4. The fourth-order valence-corrected chi connectivity index (χ4v) is 4.25. The number of carbonyl (C=O) groups is 2. The third-order valence-electron chi connectivity index (χ3n) is 3.77. The molecule has 0 fully saturated rings. The number of thioether (sulfide) groups is 1. The van der Waals surface area contributed by atoms with Crippen LogP contribution in [-0.4, -0.2) is 29.5 Å². The Balaban J connectivity index is 1.52. The van der Waals surface area contributed by atoms with Crippen molar-refractivity contribution in [1.29, 1.82) is 0 Å². The standard InChI is InChI=1S/C17H17NO2S2/c1-21-15-10-9-12(22-15)6-4-5-11-18-16(19)13-7-2-3-8-14(13)17(18)20/h2-3,7-10H,4-6,11H2,1H3. The van der Waals surface area contributed by atoms with E-state index in [1.165, 1.54) is 14.0 Å². The topological polar surface area (TPSA) is 37.4 Å². The molecule has 114 valence electrons. The third kappa shape index (κ3) is 2.96. The van der Waals surface area contributed by atoms with Crippen LogP contribution in [0.2, 0.25) is 0 Å². The molecule has 1 aromatic carbocycles. The number of benzene rings is 1. The number of thiophene rings is 1. The van der Waals surface area contributed by atoms with Gasteiger partial charge < -0.3 is 0 Å². The largest absolute Gasteiger partial charge is 0.274 e. The van der Waals surface area contributed by atoms with E-state index in [-0.39, 0.29) is 11.8 Å². The minimum absolute atomic E-state index is 0.151. The summed E-state index contributed by atoms with van der Waals surface area (Å²) in [4.78, 5) is 27.2. The van der Waals surface area contributed by atoms with E-state index in [1.807, 2.05) is 11.3 Å². The van der Waals surface area contributed by atoms with Gasteiger partial charge in [-0.15, -0.1) is 23.1 Å². The van der Waals surface area contributed by atoms with Crippen LogP contribution < -0.4 is 0 Å². The second-order valence-corrected chi connectivity index (χ2v) is 7.46. The van der Waals surface area contributed by atoms with Crippen LogP contribution in [0, 0.1) is 0 Å². The molecule has 0 aliphatic carbocycles. The molecule has 0 spiro atoms. The highest BCUT2D eigenvalue weighted by Crippen LogP contribution is 2.27. The first-order chi connectivity index (χ1) is 10.7. The highest BCUT2D eigenvalue weighted by Gasteiger charge is 2.34. The molecular weight excluding hydrogens is 314 g/mol. The Kier molecular flexibility index (Phi) is 4.64. The maximum Gasteiger partial charge on any atom is 0.261 e. The van der Waals surface area contributed by atoms with Gasteiger partial charge in [0.25, 0.3) is 11.8 Å². The van der Waals surface area contributed by atoms with Crippen molar-refractivity contribution in [2.24, 2.45) is 0 Å². The van der Waals surface area contributed by atoms with Gasteiger partial charge in [0.15, 0.2) is 0 Å². The third-order valence-corrected chi connectivity index (χ3v) is 6.00. The lowest BCUT2D eigenvalue weighted by molar-refractivity contribution is 0.0652. The van der Waals surface area contributed by atoms with Crippen molar-refractivity contribution >= 4 is 34.9 Å². The fraction of sp³-hybridized carbons (Fsp3) is 0.294.